The van der Waals surface area contributed by atoms with Crippen molar-refractivity contribution in [2.75, 3.05) is 26.3 Å². The molecule has 1 aromatic rings. The number of benzene rings is 1. The van der Waals surface area contributed by atoms with Crippen molar-refractivity contribution in [3.8, 4) is 6.07 Å². The molecule has 0 aliphatic carbocycles. The van der Waals surface area contributed by atoms with Crippen LogP contribution in [-0.4, -0.2) is 31.2 Å². The van der Waals surface area contributed by atoms with Gasteiger partial charge in [0.1, 0.15) is 11.9 Å². The first kappa shape index (κ1) is 11.1. The van der Waals surface area contributed by atoms with Gasteiger partial charge in [0.2, 0.25) is 0 Å². The van der Waals surface area contributed by atoms with E-state index in [0.717, 1.165) is 38.4 Å². The maximum absolute atomic E-state index is 13.1. The molecular weight excluding hydrogens is 207 g/mol. The van der Waals surface area contributed by atoms with E-state index in [1.54, 1.807) is 12.1 Å². The molecule has 0 saturated carbocycles. The van der Waals surface area contributed by atoms with Crippen LogP contribution in [0.5, 0.6) is 0 Å². The normalized spacial score (nSPS) is 17.0. The van der Waals surface area contributed by atoms with E-state index < -0.39 is 5.82 Å². The van der Waals surface area contributed by atoms with Crippen LogP contribution in [0.15, 0.2) is 18.2 Å². The maximum Gasteiger partial charge on any atom is 0.140 e. The number of morpholine rings is 1. The predicted octanol–water partition coefficient (Wildman–Crippen LogP) is 1.53. The lowest BCUT2D eigenvalue weighted by molar-refractivity contribution is 0.0342. The Morgan fingerprint density at radius 2 is 2.12 bits per heavy atom. The van der Waals surface area contributed by atoms with Gasteiger partial charge in [-0.3, -0.25) is 4.90 Å². The number of ether oxygens (including phenoxy) is 1. The molecule has 3 nitrogen and oxygen atoms in total. The summed E-state index contributed by atoms with van der Waals surface area (Å²) in [4.78, 5) is 2.23. The smallest absolute Gasteiger partial charge is 0.140 e. The summed E-state index contributed by atoms with van der Waals surface area (Å²) in [6.07, 6.45) is 0. The Hall–Kier alpha value is -1.44. The molecule has 16 heavy (non-hydrogen) atoms. The molecule has 1 fully saturated rings. The van der Waals surface area contributed by atoms with Gasteiger partial charge in [-0.1, -0.05) is 6.07 Å². The van der Waals surface area contributed by atoms with E-state index in [1.807, 2.05) is 6.07 Å². The Labute approximate surface area is 94.0 Å². The van der Waals surface area contributed by atoms with Crippen molar-refractivity contribution in [1.82, 2.24) is 4.90 Å². The van der Waals surface area contributed by atoms with Crippen LogP contribution in [0, 0.1) is 17.1 Å². The van der Waals surface area contributed by atoms with E-state index in [9.17, 15) is 4.39 Å². The second-order valence-electron chi connectivity index (χ2n) is 3.81. The second-order valence-corrected chi connectivity index (χ2v) is 3.81. The quantitative estimate of drug-likeness (QED) is 0.758. The van der Waals surface area contributed by atoms with Crippen molar-refractivity contribution in [2.24, 2.45) is 0 Å². The lowest BCUT2D eigenvalue weighted by atomic mass is 10.1. The minimum atomic E-state index is -0.451. The van der Waals surface area contributed by atoms with Gasteiger partial charge in [0.15, 0.2) is 0 Å². The average molecular weight is 220 g/mol. The van der Waals surface area contributed by atoms with Gasteiger partial charge in [-0.05, 0) is 17.7 Å². The van der Waals surface area contributed by atoms with Crippen LogP contribution in [0.4, 0.5) is 4.39 Å². The fraction of sp³-hybridized carbons (Fsp3) is 0.417. The summed E-state index contributed by atoms with van der Waals surface area (Å²) in [5.41, 5.74) is 1.09. The molecule has 1 aromatic carbocycles. The maximum atomic E-state index is 13.1. The monoisotopic (exact) mass is 220 g/mol. The molecule has 0 atom stereocenters. The Morgan fingerprint density at radius 1 is 1.38 bits per heavy atom. The van der Waals surface area contributed by atoms with E-state index in [0.29, 0.717) is 0 Å². The third-order valence-electron chi connectivity index (χ3n) is 2.66. The van der Waals surface area contributed by atoms with E-state index in [4.69, 9.17) is 10.00 Å². The summed E-state index contributed by atoms with van der Waals surface area (Å²) in [7, 11) is 0. The zero-order chi connectivity index (χ0) is 11.4. The molecule has 2 rings (SSSR count). The zero-order valence-electron chi connectivity index (χ0n) is 8.95. The summed E-state index contributed by atoms with van der Waals surface area (Å²) in [6, 6.07) is 6.55. The molecule has 4 heteroatoms. The summed E-state index contributed by atoms with van der Waals surface area (Å²) in [5.74, 6) is -0.451. The van der Waals surface area contributed by atoms with Crippen molar-refractivity contribution >= 4 is 0 Å². The highest BCUT2D eigenvalue weighted by Crippen LogP contribution is 2.12. The topological polar surface area (TPSA) is 36.3 Å². The van der Waals surface area contributed by atoms with Crippen molar-refractivity contribution in [3.05, 3.63) is 35.1 Å². The second kappa shape index (κ2) is 5.06. The van der Waals surface area contributed by atoms with E-state index in [-0.39, 0.29) is 5.56 Å². The van der Waals surface area contributed by atoms with Gasteiger partial charge in [-0.2, -0.15) is 5.26 Å². The first-order valence-corrected chi connectivity index (χ1v) is 5.28. The Balaban J connectivity index is 2.06. The molecule has 84 valence electrons. The SMILES string of the molecule is N#Cc1cc(CN2CCOCC2)ccc1F. The van der Waals surface area contributed by atoms with Gasteiger partial charge in [0, 0.05) is 19.6 Å². The summed E-state index contributed by atoms with van der Waals surface area (Å²) in [6.45, 7) is 4.01. The molecule has 0 bridgehead atoms. The summed E-state index contributed by atoms with van der Waals surface area (Å²) in [5, 5.41) is 8.73. The van der Waals surface area contributed by atoms with Gasteiger partial charge >= 0.3 is 0 Å². The predicted molar refractivity (Wildman–Crippen MR) is 57.2 cm³/mol. The molecule has 1 heterocycles. The molecule has 0 unspecified atom stereocenters. The number of hydrogen-bond donors (Lipinski definition) is 0. The molecule has 1 saturated heterocycles. The first-order chi connectivity index (χ1) is 7.79. The minimum Gasteiger partial charge on any atom is -0.379 e. The minimum absolute atomic E-state index is 0.116. The Bertz CT molecular complexity index is 408. The van der Waals surface area contributed by atoms with Crippen molar-refractivity contribution in [3.63, 3.8) is 0 Å². The first-order valence-electron chi connectivity index (χ1n) is 5.28. The number of nitriles is 1. The van der Waals surface area contributed by atoms with E-state index in [2.05, 4.69) is 4.90 Å². The molecule has 1 aliphatic rings. The molecule has 0 amide bonds. The fourth-order valence-electron chi connectivity index (χ4n) is 1.77. The standard InChI is InChI=1S/C12H13FN2O/c13-12-2-1-10(7-11(12)8-14)9-15-3-5-16-6-4-15/h1-2,7H,3-6,9H2. The zero-order valence-corrected chi connectivity index (χ0v) is 8.95. The van der Waals surface area contributed by atoms with Crippen LogP contribution in [0.3, 0.4) is 0 Å². The molecule has 1 aliphatic heterocycles. The molecular formula is C12H13FN2O. The van der Waals surface area contributed by atoms with Gasteiger partial charge in [-0.15, -0.1) is 0 Å². The molecule has 0 radical (unpaired) electrons. The van der Waals surface area contributed by atoms with Crippen molar-refractivity contribution in [2.45, 2.75) is 6.54 Å². The lowest BCUT2D eigenvalue weighted by Crippen LogP contribution is -2.35. The van der Waals surface area contributed by atoms with Crippen LogP contribution in [0.2, 0.25) is 0 Å². The highest BCUT2D eigenvalue weighted by molar-refractivity contribution is 5.34. The average Bonchev–Trinajstić information content (AvgIpc) is 2.33. The van der Waals surface area contributed by atoms with Gasteiger partial charge < -0.3 is 4.74 Å². The van der Waals surface area contributed by atoms with Gasteiger partial charge in [-0.25, -0.2) is 4.39 Å². The highest BCUT2D eigenvalue weighted by Gasteiger charge is 2.11. The third-order valence-corrected chi connectivity index (χ3v) is 2.66. The van der Waals surface area contributed by atoms with Crippen LogP contribution >= 0.6 is 0 Å². The number of rotatable bonds is 2. The van der Waals surface area contributed by atoms with Crippen molar-refractivity contribution < 1.29 is 9.13 Å². The molecule has 0 spiro atoms. The fourth-order valence-corrected chi connectivity index (χ4v) is 1.77. The van der Waals surface area contributed by atoms with E-state index in [1.165, 1.54) is 6.07 Å². The van der Waals surface area contributed by atoms with Crippen LogP contribution in [0.1, 0.15) is 11.1 Å². The van der Waals surface area contributed by atoms with Crippen molar-refractivity contribution in [1.29, 1.82) is 5.26 Å². The van der Waals surface area contributed by atoms with Crippen LogP contribution in [0.25, 0.3) is 0 Å². The molecule has 0 N–H and O–H groups in total. The lowest BCUT2D eigenvalue weighted by Gasteiger charge is -2.26. The number of hydrogen-bond acceptors (Lipinski definition) is 3. The number of halogens is 1. The van der Waals surface area contributed by atoms with Crippen LogP contribution < -0.4 is 0 Å². The molecule has 0 aromatic heterocycles. The van der Waals surface area contributed by atoms with Gasteiger partial charge in [0.25, 0.3) is 0 Å². The Morgan fingerprint density at radius 3 is 2.81 bits per heavy atom. The largest absolute Gasteiger partial charge is 0.379 e. The Kier molecular flexibility index (Phi) is 3.50. The van der Waals surface area contributed by atoms with E-state index >= 15 is 0 Å². The van der Waals surface area contributed by atoms with Gasteiger partial charge in [0.05, 0.1) is 18.8 Å². The van der Waals surface area contributed by atoms with Crippen LogP contribution in [-0.2, 0) is 11.3 Å². The number of nitrogens with zero attached hydrogens (tertiary/aromatic N) is 2. The highest BCUT2D eigenvalue weighted by atomic mass is 19.1. The third kappa shape index (κ3) is 2.57. The summed E-state index contributed by atoms with van der Waals surface area (Å²) < 4.78 is 18.3. The summed E-state index contributed by atoms with van der Waals surface area (Å²) >= 11 is 0.